The summed E-state index contributed by atoms with van der Waals surface area (Å²) in [4.78, 5) is 10.9. The molecule has 3 aromatic rings. The van der Waals surface area contributed by atoms with Gasteiger partial charge in [-0.15, -0.1) is 5.10 Å². The van der Waals surface area contributed by atoms with Crippen LogP contribution in [0.15, 0.2) is 12.1 Å². The summed E-state index contributed by atoms with van der Waals surface area (Å²) in [5, 5.41) is 43.5. The molecular formula is C16H18ClN7O3. The zero-order chi connectivity index (χ0) is 19.0. The number of hydrogen-bond acceptors (Lipinski definition) is 9. The van der Waals surface area contributed by atoms with Crippen LogP contribution in [0.4, 0.5) is 11.8 Å². The fourth-order valence-corrected chi connectivity index (χ4v) is 3.44. The van der Waals surface area contributed by atoms with Crippen LogP contribution in [0.3, 0.4) is 0 Å². The number of fused-ring (bicyclic) bond motifs is 1. The minimum atomic E-state index is -0.127. The Morgan fingerprint density at radius 1 is 1.22 bits per heavy atom. The van der Waals surface area contributed by atoms with Crippen LogP contribution in [0, 0.1) is 0 Å². The van der Waals surface area contributed by atoms with E-state index in [9.17, 15) is 15.3 Å². The van der Waals surface area contributed by atoms with E-state index in [2.05, 4.69) is 30.7 Å². The number of phenols is 2. The normalized spacial score (nSPS) is 17.0. The van der Waals surface area contributed by atoms with E-state index in [1.807, 2.05) is 4.90 Å². The minimum absolute atomic E-state index is 0.0233. The van der Waals surface area contributed by atoms with Gasteiger partial charge >= 0.3 is 0 Å². The van der Waals surface area contributed by atoms with Crippen LogP contribution in [-0.4, -0.2) is 59.9 Å². The number of hydrogen-bond donors (Lipinski definition) is 5. The number of rotatable bonds is 5. The number of nitrogens with zero attached hydrogens (tertiary/aromatic N) is 5. The molecule has 1 saturated heterocycles. The lowest BCUT2D eigenvalue weighted by molar-refractivity contribution is 0.265. The zero-order valence-electron chi connectivity index (χ0n) is 14.2. The molecule has 0 aliphatic carbocycles. The summed E-state index contributed by atoms with van der Waals surface area (Å²) in [5.41, 5.74) is 1.10. The number of halogens is 1. The summed E-state index contributed by atoms with van der Waals surface area (Å²) in [5.74, 6) is 0.595. The molecule has 0 unspecified atom stereocenters. The van der Waals surface area contributed by atoms with Crippen LogP contribution in [0.25, 0.3) is 11.2 Å². The van der Waals surface area contributed by atoms with Crippen molar-refractivity contribution in [2.24, 2.45) is 0 Å². The smallest absolute Gasteiger partial charge is 0.229 e. The number of aromatic amines is 1. The third kappa shape index (κ3) is 3.28. The first-order valence-corrected chi connectivity index (χ1v) is 8.85. The van der Waals surface area contributed by atoms with Crippen molar-refractivity contribution in [2.75, 3.05) is 23.4 Å². The van der Waals surface area contributed by atoms with Gasteiger partial charge in [-0.3, -0.25) is 0 Å². The summed E-state index contributed by atoms with van der Waals surface area (Å²) in [6.07, 6.45) is 1.81. The monoisotopic (exact) mass is 391 g/mol. The summed E-state index contributed by atoms with van der Waals surface area (Å²) in [7, 11) is 0. The molecule has 11 heteroatoms. The Morgan fingerprint density at radius 2 is 2.00 bits per heavy atom. The highest BCUT2D eigenvalue weighted by atomic mass is 35.5. The first-order chi connectivity index (χ1) is 13.1. The number of aliphatic hydroxyl groups is 1. The molecule has 5 N–H and O–H groups in total. The van der Waals surface area contributed by atoms with Crippen molar-refractivity contribution in [1.82, 2.24) is 25.4 Å². The average Bonchev–Trinajstić information content (AvgIpc) is 3.29. The third-order valence-corrected chi connectivity index (χ3v) is 4.83. The number of aliphatic hydroxyl groups excluding tert-OH is 1. The van der Waals surface area contributed by atoms with E-state index in [0.717, 1.165) is 19.4 Å². The molecule has 4 rings (SSSR count). The Labute approximate surface area is 158 Å². The Bertz CT molecular complexity index is 957. The van der Waals surface area contributed by atoms with Crippen molar-refractivity contribution in [1.29, 1.82) is 0 Å². The fraction of sp³-hybridized carbons (Fsp3) is 0.375. The SMILES string of the molecule is OC[C@H]1CCCN1c1nc(NCc2c(O)cc(Cl)cc2O)c2n[nH]nc2n1. The van der Waals surface area contributed by atoms with Gasteiger partial charge in [0.1, 0.15) is 11.5 Å². The first kappa shape index (κ1) is 17.6. The Hall–Kier alpha value is -2.85. The Morgan fingerprint density at radius 3 is 2.74 bits per heavy atom. The van der Waals surface area contributed by atoms with Gasteiger partial charge in [0.25, 0.3) is 0 Å². The van der Waals surface area contributed by atoms with Gasteiger partial charge in [0.05, 0.1) is 18.2 Å². The van der Waals surface area contributed by atoms with Crippen LogP contribution < -0.4 is 10.2 Å². The minimum Gasteiger partial charge on any atom is -0.507 e. The molecule has 1 atom stereocenters. The molecule has 142 valence electrons. The maximum atomic E-state index is 10.0. The van der Waals surface area contributed by atoms with Crippen LogP contribution in [0.5, 0.6) is 11.5 Å². The summed E-state index contributed by atoms with van der Waals surface area (Å²) in [6, 6.07) is 2.67. The highest BCUT2D eigenvalue weighted by molar-refractivity contribution is 6.30. The second kappa shape index (κ2) is 7.05. The van der Waals surface area contributed by atoms with Gasteiger partial charge in [-0.1, -0.05) is 11.6 Å². The quantitative estimate of drug-likeness (QED) is 0.435. The molecule has 0 amide bonds. The topological polar surface area (TPSA) is 143 Å². The first-order valence-electron chi connectivity index (χ1n) is 8.47. The van der Waals surface area contributed by atoms with Crippen molar-refractivity contribution in [3.8, 4) is 11.5 Å². The number of benzene rings is 1. The summed E-state index contributed by atoms with van der Waals surface area (Å²) < 4.78 is 0. The third-order valence-electron chi connectivity index (χ3n) is 4.62. The molecule has 10 nitrogen and oxygen atoms in total. The molecule has 2 aromatic heterocycles. The lowest BCUT2D eigenvalue weighted by Gasteiger charge is -2.23. The van der Waals surface area contributed by atoms with Gasteiger partial charge in [-0.2, -0.15) is 20.3 Å². The maximum absolute atomic E-state index is 10.0. The molecule has 1 aromatic carbocycles. The second-order valence-electron chi connectivity index (χ2n) is 6.32. The number of nitrogens with one attached hydrogen (secondary N) is 2. The average molecular weight is 392 g/mol. The second-order valence-corrected chi connectivity index (χ2v) is 6.75. The van der Waals surface area contributed by atoms with Crippen molar-refractivity contribution < 1.29 is 15.3 Å². The highest BCUT2D eigenvalue weighted by Crippen LogP contribution is 2.32. The maximum Gasteiger partial charge on any atom is 0.229 e. The molecule has 1 aliphatic rings. The Balaban J connectivity index is 1.66. The lowest BCUT2D eigenvalue weighted by atomic mass is 10.1. The highest BCUT2D eigenvalue weighted by Gasteiger charge is 2.27. The molecule has 1 aliphatic heterocycles. The van der Waals surface area contributed by atoms with Crippen LogP contribution in [0.2, 0.25) is 5.02 Å². The predicted molar refractivity (Wildman–Crippen MR) is 99.0 cm³/mol. The molecule has 0 radical (unpaired) electrons. The number of aromatic nitrogens is 5. The number of phenolic OH excluding ortho intramolecular Hbond substituents is 2. The van der Waals surface area contributed by atoms with Gasteiger partial charge in [0.2, 0.25) is 11.6 Å². The van der Waals surface area contributed by atoms with Gasteiger partial charge in [0, 0.05) is 18.1 Å². The number of H-pyrrole nitrogens is 1. The van der Waals surface area contributed by atoms with E-state index < -0.39 is 0 Å². The fourth-order valence-electron chi connectivity index (χ4n) is 3.24. The van der Waals surface area contributed by atoms with Crippen LogP contribution in [-0.2, 0) is 6.54 Å². The predicted octanol–water partition coefficient (Wildman–Crippen LogP) is 1.39. The van der Waals surface area contributed by atoms with Crippen molar-refractivity contribution >= 4 is 34.5 Å². The van der Waals surface area contributed by atoms with E-state index in [0.29, 0.717) is 22.9 Å². The van der Waals surface area contributed by atoms with E-state index in [1.165, 1.54) is 12.1 Å². The van der Waals surface area contributed by atoms with Gasteiger partial charge < -0.3 is 25.5 Å². The van der Waals surface area contributed by atoms with E-state index in [-0.39, 0.29) is 41.3 Å². The van der Waals surface area contributed by atoms with Crippen LogP contribution in [0.1, 0.15) is 18.4 Å². The van der Waals surface area contributed by atoms with E-state index >= 15 is 0 Å². The van der Waals surface area contributed by atoms with Gasteiger partial charge in [-0.05, 0) is 25.0 Å². The number of anilines is 2. The molecule has 0 bridgehead atoms. The Kier molecular flexibility index (Phi) is 4.58. The van der Waals surface area contributed by atoms with Gasteiger partial charge in [-0.25, -0.2) is 0 Å². The van der Waals surface area contributed by atoms with Crippen LogP contribution >= 0.6 is 11.6 Å². The van der Waals surface area contributed by atoms with E-state index in [4.69, 9.17) is 11.6 Å². The largest absolute Gasteiger partial charge is 0.507 e. The van der Waals surface area contributed by atoms with Crippen molar-refractivity contribution in [3.63, 3.8) is 0 Å². The van der Waals surface area contributed by atoms with Crippen molar-refractivity contribution in [2.45, 2.75) is 25.4 Å². The van der Waals surface area contributed by atoms with E-state index in [1.54, 1.807) is 0 Å². The number of aromatic hydroxyl groups is 2. The van der Waals surface area contributed by atoms with Gasteiger partial charge in [0.15, 0.2) is 11.3 Å². The lowest BCUT2D eigenvalue weighted by Crippen LogP contribution is -2.33. The zero-order valence-corrected chi connectivity index (χ0v) is 15.0. The molecule has 27 heavy (non-hydrogen) atoms. The molecular weight excluding hydrogens is 374 g/mol. The standard InChI is InChI=1S/C16H18ClN7O3/c17-8-4-11(26)10(12(27)5-8)6-18-14-13-15(22-23-21-13)20-16(19-14)24-3-1-2-9(24)7-25/h4-5,9,25-27H,1-3,6-7H2,(H2,18,19,20,21,22,23)/t9-/m1/s1. The molecule has 1 fully saturated rings. The summed E-state index contributed by atoms with van der Waals surface area (Å²) >= 11 is 5.81. The van der Waals surface area contributed by atoms with Crippen molar-refractivity contribution in [3.05, 3.63) is 22.7 Å². The molecule has 3 heterocycles. The molecule has 0 saturated carbocycles. The molecule has 0 spiro atoms. The summed E-state index contributed by atoms with van der Waals surface area (Å²) in [6.45, 7) is 0.860.